The second-order valence-corrected chi connectivity index (χ2v) is 5.88. The maximum atomic E-state index is 11.7. The summed E-state index contributed by atoms with van der Waals surface area (Å²) >= 11 is 0. The van der Waals surface area contributed by atoms with E-state index in [4.69, 9.17) is 9.47 Å². The van der Waals surface area contributed by atoms with Gasteiger partial charge in [-0.15, -0.1) is 0 Å². The molecule has 0 radical (unpaired) electrons. The maximum Gasteiger partial charge on any atom is 0.234 e. The van der Waals surface area contributed by atoms with Gasteiger partial charge in [-0.25, -0.2) is 0 Å². The molecule has 0 aromatic heterocycles. The van der Waals surface area contributed by atoms with E-state index in [2.05, 4.69) is 10.6 Å². The summed E-state index contributed by atoms with van der Waals surface area (Å²) in [6, 6.07) is 5.83. The van der Waals surface area contributed by atoms with Crippen LogP contribution in [0.15, 0.2) is 18.2 Å². The van der Waals surface area contributed by atoms with Crippen LogP contribution in [-0.4, -0.2) is 31.2 Å². The van der Waals surface area contributed by atoms with Gasteiger partial charge in [0.15, 0.2) is 11.5 Å². The standard InChI is InChI=1S/C15H22N2O3/c1-15(2,3)17-14(18)10-16-9-11-4-5-12-13(8-11)20-7-6-19-12/h4-5,8,16H,6-7,9-10H2,1-3H3,(H,17,18). The molecule has 1 aliphatic rings. The highest BCUT2D eigenvalue weighted by Crippen LogP contribution is 2.30. The lowest BCUT2D eigenvalue weighted by atomic mass is 10.1. The van der Waals surface area contributed by atoms with Crippen LogP contribution >= 0.6 is 0 Å². The largest absolute Gasteiger partial charge is 0.486 e. The fourth-order valence-corrected chi connectivity index (χ4v) is 1.98. The van der Waals surface area contributed by atoms with Crippen molar-refractivity contribution >= 4 is 5.91 Å². The van der Waals surface area contributed by atoms with Gasteiger partial charge in [-0.05, 0) is 38.5 Å². The summed E-state index contributed by atoms with van der Waals surface area (Å²) in [5.41, 5.74) is 0.869. The molecule has 1 aliphatic heterocycles. The summed E-state index contributed by atoms with van der Waals surface area (Å²) in [6.45, 7) is 7.98. The highest BCUT2D eigenvalue weighted by molar-refractivity contribution is 5.78. The van der Waals surface area contributed by atoms with Crippen molar-refractivity contribution in [2.45, 2.75) is 32.9 Å². The SMILES string of the molecule is CC(C)(C)NC(=O)CNCc1ccc2c(c1)OCCO2. The van der Waals surface area contributed by atoms with Gasteiger partial charge in [-0.2, -0.15) is 0 Å². The molecule has 2 N–H and O–H groups in total. The van der Waals surface area contributed by atoms with Gasteiger partial charge in [0, 0.05) is 12.1 Å². The van der Waals surface area contributed by atoms with Gasteiger partial charge in [0.1, 0.15) is 13.2 Å². The van der Waals surface area contributed by atoms with Gasteiger partial charge in [0.25, 0.3) is 0 Å². The van der Waals surface area contributed by atoms with Crippen LogP contribution in [0.5, 0.6) is 11.5 Å². The Hall–Kier alpha value is -1.75. The first-order valence-corrected chi connectivity index (χ1v) is 6.84. The Labute approximate surface area is 119 Å². The van der Waals surface area contributed by atoms with Crippen molar-refractivity contribution in [3.63, 3.8) is 0 Å². The summed E-state index contributed by atoms with van der Waals surface area (Å²) in [4.78, 5) is 11.7. The molecule has 20 heavy (non-hydrogen) atoms. The molecule has 0 bridgehead atoms. The van der Waals surface area contributed by atoms with Crippen LogP contribution in [0.25, 0.3) is 0 Å². The molecule has 0 saturated heterocycles. The molecule has 0 saturated carbocycles. The summed E-state index contributed by atoms with van der Waals surface area (Å²) in [6.07, 6.45) is 0. The molecule has 2 rings (SSSR count). The molecule has 0 fully saturated rings. The predicted octanol–water partition coefficient (Wildman–Crippen LogP) is 1.46. The first-order valence-electron chi connectivity index (χ1n) is 6.84. The van der Waals surface area contributed by atoms with E-state index in [1.165, 1.54) is 0 Å². The number of fused-ring (bicyclic) bond motifs is 1. The maximum absolute atomic E-state index is 11.7. The summed E-state index contributed by atoms with van der Waals surface area (Å²) in [7, 11) is 0. The molecular formula is C15H22N2O3. The van der Waals surface area contributed by atoms with Gasteiger partial charge in [0.2, 0.25) is 5.91 Å². The van der Waals surface area contributed by atoms with Crippen LogP contribution in [0.4, 0.5) is 0 Å². The van der Waals surface area contributed by atoms with Crippen molar-refractivity contribution in [1.82, 2.24) is 10.6 Å². The lowest BCUT2D eigenvalue weighted by Gasteiger charge is -2.21. The third-order valence-corrected chi connectivity index (χ3v) is 2.74. The number of carbonyl (C=O) groups excluding carboxylic acids is 1. The molecule has 5 nitrogen and oxygen atoms in total. The van der Waals surface area contributed by atoms with Crippen LogP contribution in [0.3, 0.4) is 0 Å². The zero-order chi connectivity index (χ0) is 14.6. The summed E-state index contributed by atoms with van der Waals surface area (Å²) in [5, 5.41) is 6.03. The Bertz CT molecular complexity index is 480. The van der Waals surface area contributed by atoms with Crippen molar-refractivity contribution in [2.75, 3.05) is 19.8 Å². The fraction of sp³-hybridized carbons (Fsp3) is 0.533. The third kappa shape index (κ3) is 4.42. The van der Waals surface area contributed by atoms with E-state index in [1.54, 1.807) is 0 Å². The summed E-state index contributed by atoms with van der Waals surface area (Å²) < 4.78 is 11.0. The van der Waals surface area contributed by atoms with E-state index in [0.717, 1.165) is 17.1 Å². The molecule has 0 aliphatic carbocycles. The van der Waals surface area contributed by atoms with E-state index in [0.29, 0.717) is 26.3 Å². The first kappa shape index (κ1) is 14.7. The predicted molar refractivity (Wildman–Crippen MR) is 77.0 cm³/mol. The minimum Gasteiger partial charge on any atom is -0.486 e. The molecule has 110 valence electrons. The Morgan fingerprint density at radius 1 is 1.20 bits per heavy atom. The van der Waals surface area contributed by atoms with E-state index in [-0.39, 0.29) is 11.4 Å². The second kappa shape index (κ2) is 6.13. The normalized spacial score (nSPS) is 13.9. The van der Waals surface area contributed by atoms with Gasteiger partial charge < -0.3 is 20.1 Å². The Balaban J connectivity index is 1.81. The molecule has 0 atom stereocenters. The molecule has 1 amide bonds. The van der Waals surface area contributed by atoms with E-state index in [9.17, 15) is 4.79 Å². The minimum atomic E-state index is -0.199. The van der Waals surface area contributed by atoms with Crippen LogP contribution in [0.1, 0.15) is 26.3 Å². The van der Waals surface area contributed by atoms with Gasteiger partial charge in [-0.3, -0.25) is 4.79 Å². The number of amides is 1. The number of hydrogen-bond donors (Lipinski definition) is 2. The van der Waals surface area contributed by atoms with Gasteiger partial charge in [-0.1, -0.05) is 6.07 Å². The molecule has 1 aromatic rings. The molecule has 1 heterocycles. The smallest absolute Gasteiger partial charge is 0.234 e. The van der Waals surface area contributed by atoms with E-state index < -0.39 is 0 Å². The Morgan fingerprint density at radius 3 is 2.60 bits per heavy atom. The number of rotatable bonds is 4. The van der Waals surface area contributed by atoms with Crippen molar-refractivity contribution in [3.8, 4) is 11.5 Å². The van der Waals surface area contributed by atoms with Crippen molar-refractivity contribution in [2.24, 2.45) is 0 Å². The number of benzene rings is 1. The Morgan fingerprint density at radius 2 is 1.90 bits per heavy atom. The zero-order valence-corrected chi connectivity index (χ0v) is 12.3. The topological polar surface area (TPSA) is 59.6 Å². The minimum absolute atomic E-state index is 0.00459. The van der Waals surface area contributed by atoms with Crippen molar-refractivity contribution < 1.29 is 14.3 Å². The first-order chi connectivity index (χ1) is 9.44. The highest BCUT2D eigenvalue weighted by Gasteiger charge is 2.14. The Kier molecular flexibility index (Phi) is 4.49. The fourth-order valence-electron chi connectivity index (χ4n) is 1.98. The molecule has 0 unspecified atom stereocenters. The van der Waals surface area contributed by atoms with Crippen LogP contribution in [0, 0.1) is 0 Å². The number of ether oxygens (including phenoxy) is 2. The quantitative estimate of drug-likeness (QED) is 0.875. The highest BCUT2D eigenvalue weighted by atomic mass is 16.6. The molecule has 0 spiro atoms. The van der Waals surface area contributed by atoms with Gasteiger partial charge in [0.05, 0.1) is 6.54 Å². The second-order valence-electron chi connectivity index (χ2n) is 5.88. The monoisotopic (exact) mass is 278 g/mol. The van der Waals surface area contributed by atoms with Crippen molar-refractivity contribution in [3.05, 3.63) is 23.8 Å². The van der Waals surface area contributed by atoms with E-state index in [1.807, 2.05) is 39.0 Å². The van der Waals surface area contributed by atoms with E-state index >= 15 is 0 Å². The number of nitrogens with one attached hydrogen (secondary N) is 2. The van der Waals surface area contributed by atoms with Crippen LogP contribution in [0.2, 0.25) is 0 Å². The number of hydrogen-bond acceptors (Lipinski definition) is 4. The number of carbonyl (C=O) groups is 1. The summed E-state index contributed by atoms with van der Waals surface area (Å²) in [5.74, 6) is 1.55. The van der Waals surface area contributed by atoms with Crippen LogP contribution < -0.4 is 20.1 Å². The van der Waals surface area contributed by atoms with Crippen molar-refractivity contribution in [1.29, 1.82) is 0 Å². The third-order valence-electron chi connectivity index (χ3n) is 2.74. The molecular weight excluding hydrogens is 256 g/mol. The lowest BCUT2D eigenvalue weighted by Crippen LogP contribution is -2.44. The van der Waals surface area contributed by atoms with Crippen LogP contribution in [-0.2, 0) is 11.3 Å². The zero-order valence-electron chi connectivity index (χ0n) is 12.3. The average Bonchev–Trinajstić information content (AvgIpc) is 2.36. The molecule has 5 heteroatoms. The molecule has 1 aromatic carbocycles. The lowest BCUT2D eigenvalue weighted by molar-refractivity contribution is -0.121. The average molecular weight is 278 g/mol. The van der Waals surface area contributed by atoms with Gasteiger partial charge >= 0.3 is 0 Å².